The number of nitrogens with one attached hydrogen (secondary N) is 1. The van der Waals surface area contributed by atoms with E-state index >= 15 is 0 Å². The molecule has 6 nitrogen and oxygen atoms in total. The van der Waals surface area contributed by atoms with Gasteiger partial charge in [0.05, 0.1) is 17.4 Å². The van der Waals surface area contributed by atoms with E-state index in [1.807, 2.05) is 6.92 Å². The number of anilines is 2. The van der Waals surface area contributed by atoms with Crippen LogP contribution in [0.15, 0.2) is 42.5 Å². The van der Waals surface area contributed by atoms with E-state index < -0.39 is 21.8 Å². The molecule has 1 atom stereocenters. The van der Waals surface area contributed by atoms with Gasteiger partial charge in [-0.2, -0.15) is 0 Å². The molecule has 0 unspecified atom stereocenters. The second-order valence-electron chi connectivity index (χ2n) is 6.24. The largest absolute Gasteiger partial charge is 0.322 e. The highest BCUT2D eigenvalue weighted by Crippen LogP contribution is 2.28. The number of rotatable bonds is 3. The van der Waals surface area contributed by atoms with Gasteiger partial charge < -0.3 is 5.32 Å². The van der Waals surface area contributed by atoms with E-state index in [2.05, 4.69) is 5.32 Å². The van der Waals surface area contributed by atoms with Crippen molar-refractivity contribution in [1.29, 1.82) is 0 Å². The topological polar surface area (TPSA) is 83.6 Å². The quantitative estimate of drug-likeness (QED) is 0.869. The second-order valence-corrected chi connectivity index (χ2v) is 8.54. The van der Waals surface area contributed by atoms with Crippen molar-refractivity contribution in [2.75, 3.05) is 15.4 Å². The van der Waals surface area contributed by atoms with Crippen LogP contribution in [0.5, 0.6) is 0 Å². The first-order valence-corrected chi connectivity index (χ1v) is 9.92. The van der Waals surface area contributed by atoms with Gasteiger partial charge in [-0.15, -0.1) is 0 Å². The molecule has 1 aliphatic rings. The lowest BCUT2D eigenvalue weighted by Crippen LogP contribution is -2.30. The summed E-state index contributed by atoms with van der Waals surface area (Å²) in [7, 11) is -3.66. The smallest absolute Gasteiger partial charge is 0.255 e. The summed E-state index contributed by atoms with van der Waals surface area (Å²) >= 11 is 5.95. The van der Waals surface area contributed by atoms with Gasteiger partial charge >= 0.3 is 0 Å². The van der Waals surface area contributed by atoms with Crippen LogP contribution in [0.2, 0.25) is 5.02 Å². The molecule has 1 heterocycles. The number of aryl methyl sites for hydroxylation is 1. The first-order valence-electron chi connectivity index (χ1n) is 7.93. The van der Waals surface area contributed by atoms with E-state index in [0.29, 0.717) is 16.3 Å². The Kier molecular flexibility index (Phi) is 4.77. The number of hydrogen-bond donors (Lipinski definition) is 1. The van der Waals surface area contributed by atoms with Gasteiger partial charge in [-0.05, 0) is 48.9 Å². The summed E-state index contributed by atoms with van der Waals surface area (Å²) in [5, 5.41) is 3.27. The zero-order valence-corrected chi connectivity index (χ0v) is 15.8. The van der Waals surface area contributed by atoms with Gasteiger partial charge in [0.15, 0.2) is 0 Å². The third-order valence-electron chi connectivity index (χ3n) is 4.17. The molecule has 3 rings (SSSR count). The fraction of sp³-hybridized carbons (Fsp3) is 0.222. The maximum Gasteiger partial charge on any atom is 0.255 e. The first kappa shape index (κ1) is 18.4. The summed E-state index contributed by atoms with van der Waals surface area (Å²) in [6.45, 7) is 3.43. The number of halogens is 1. The summed E-state index contributed by atoms with van der Waals surface area (Å²) in [6.07, 6.45) is 0. The fourth-order valence-electron chi connectivity index (χ4n) is 2.76. The number of nitrogens with zero attached hydrogens (tertiary/aromatic N) is 1. The van der Waals surface area contributed by atoms with E-state index in [9.17, 15) is 18.0 Å². The van der Waals surface area contributed by atoms with Gasteiger partial charge in [0.1, 0.15) is 0 Å². The van der Waals surface area contributed by atoms with Crippen molar-refractivity contribution in [3.05, 3.63) is 58.6 Å². The molecule has 0 aliphatic carbocycles. The third-order valence-corrected chi connectivity index (χ3v) is 6.28. The van der Waals surface area contributed by atoms with Crippen molar-refractivity contribution in [2.45, 2.75) is 13.8 Å². The maximum atomic E-state index is 12.4. The molecule has 0 saturated carbocycles. The Morgan fingerprint density at radius 3 is 2.42 bits per heavy atom. The molecule has 0 spiro atoms. The van der Waals surface area contributed by atoms with Crippen molar-refractivity contribution in [3.63, 3.8) is 0 Å². The number of benzene rings is 2. The molecule has 2 aromatic carbocycles. The minimum Gasteiger partial charge on any atom is -0.322 e. The minimum absolute atomic E-state index is 0.206. The summed E-state index contributed by atoms with van der Waals surface area (Å²) < 4.78 is 25.1. The predicted octanol–water partition coefficient (Wildman–Crippen LogP) is 3.21. The van der Waals surface area contributed by atoms with Crippen LogP contribution in [0, 0.1) is 12.8 Å². The highest BCUT2D eigenvalue weighted by atomic mass is 35.5. The molecule has 26 heavy (non-hydrogen) atoms. The number of sulfonamides is 1. The van der Waals surface area contributed by atoms with Crippen molar-refractivity contribution >= 4 is 44.8 Å². The van der Waals surface area contributed by atoms with Crippen LogP contribution < -0.4 is 9.62 Å². The molecular formula is C18H17ClN2O4S. The van der Waals surface area contributed by atoms with Crippen LogP contribution in [-0.4, -0.2) is 26.0 Å². The van der Waals surface area contributed by atoms with E-state index in [4.69, 9.17) is 11.6 Å². The van der Waals surface area contributed by atoms with Crippen molar-refractivity contribution in [3.8, 4) is 0 Å². The maximum absolute atomic E-state index is 12.4. The Bertz CT molecular complexity index is 987. The lowest BCUT2D eigenvalue weighted by atomic mass is 10.1. The van der Waals surface area contributed by atoms with E-state index in [-0.39, 0.29) is 17.3 Å². The molecule has 2 aromatic rings. The average molecular weight is 393 g/mol. The molecule has 1 aliphatic heterocycles. The molecule has 136 valence electrons. The highest BCUT2D eigenvalue weighted by Gasteiger charge is 2.41. The Hall–Kier alpha value is -2.38. The molecule has 1 N–H and O–H groups in total. The van der Waals surface area contributed by atoms with Gasteiger partial charge in [-0.25, -0.2) is 12.7 Å². The van der Waals surface area contributed by atoms with Crippen LogP contribution >= 0.6 is 11.6 Å². The second kappa shape index (κ2) is 6.74. The normalized spacial score (nSPS) is 18.8. The van der Waals surface area contributed by atoms with Gasteiger partial charge in [-0.1, -0.05) is 24.6 Å². The van der Waals surface area contributed by atoms with Crippen LogP contribution in [-0.2, 0) is 14.8 Å². The first-order chi connectivity index (χ1) is 12.2. The van der Waals surface area contributed by atoms with Gasteiger partial charge in [-0.3, -0.25) is 9.59 Å². The lowest BCUT2D eigenvalue weighted by molar-refractivity contribution is -0.119. The summed E-state index contributed by atoms with van der Waals surface area (Å²) in [4.78, 5) is 24.5. The summed E-state index contributed by atoms with van der Waals surface area (Å²) in [5.74, 6) is -1.60. The summed E-state index contributed by atoms with van der Waals surface area (Å²) in [6, 6.07) is 11.1. The Morgan fingerprint density at radius 1 is 1.19 bits per heavy atom. The van der Waals surface area contributed by atoms with Gasteiger partial charge in [0, 0.05) is 16.3 Å². The Labute approximate surface area is 156 Å². The number of amides is 2. The van der Waals surface area contributed by atoms with Crippen LogP contribution in [0.1, 0.15) is 22.8 Å². The Morgan fingerprint density at radius 2 is 1.85 bits per heavy atom. The van der Waals surface area contributed by atoms with Crippen molar-refractivity contribution < 1.29 is 18.0 Å². The number of carbonyl (C=O) groups excluding carboxylic acids is 2. The molecule has 8 heteroatoms. The van der Waals surface area contributed by atoms with E-state index in [0.717, 1.165) is 9.87 Å². The fourth-order valence-corrected chi connectivity index (χ4v) is 4.75. The van der Waals surface area contributed by atoms with Crippen molar-refractivity contribution in [2.24, 2.45) is 5.92 Å². The SMILES string of the molecule is Cc1ccc(Cl)cc1NC(=O)c1ccc(N2C(=O)[C@H](C)CS2(=O)=O)cc1. The monoisotopic (exact) mass is 392 g/mol. The van der Waals surface area contributed by atoms with Crippen LogP contribution in [0.3, 0.4) is 0 Å². The molecule has 0 aromatic heterocycles. The number of hydrogen-bond acceptors (Lipinski definition) is 4. The standard InChI is InChI=1S/C18H17ClN2O4S/c1-11-3-6-14(19)9-16(11)20-17(22)13-4-7-15(8-5-13)21-18(23)12(2)10-26(21,24)25/h3-9,12H,10H2,1-2H3,(H,20,22)/t12-/m1/s1. The third kappa shape index (κ3) is 3.45. The molecule has 1 saturated heterocycles. The zero-order valence-electron chi connectivity index (χ0n) is 14.2. The van der Waals surface area contributed by atoms with Crippen LogP contribution in [0.25, 0.3) is 0 Å². The lowest BCUT2D eigenvalue weighted by Gasteiger charge is -2.15. The molecular weight excluding hydrogens is 376 g/mol. The van der Waals surface area contributed by atoms with E-state index in [1.54, 1.807) is 25.1 Å². The van der Waals surface area contributed by atoms with Crippen molar-refractivity contribution in [1.82, 2.24) is 0 Å². The molecule has 0 radical (unpaired) electrons. The minimum atomic E-state index is -3.66. The number of carbonyl (C=O) groups is 2. The molecule has 1 fully saturated rings. The van der Waals surface area contributed by atoms with Crippen LogP contribution in [0.4, 0.5) is 11.4 Å². The molecule has 0 bridgehead atoms. The zero-order chi connectivity index (χ0) is 19.1. The summed E-state index contributed by atoms with van der Waals surface area (Å²) in [5.41, 5.74) is 2.03. The van der Waals surface area contributed by atoms with Gasteiger partial charge in [0.25, 0.3) is 5.91 Å². The Balaban J connectivity index is 1.82. The van der Waals surface area contributed by atoms with Gasteiger partial charge in [0.2, 0.25) is 15.9 Å². The highest BCUT2D eigenvalue weighted by molar-refractivity contribution is 7.94. The predicted molar refractivity (Wildman–Crippen MR) is 101 cm³/mol. The average Bonchev–Trinajstić information content (AvgIpc) is 2.78. The van der Waals surface area contributed by atoms with E-state index in [1.165, 1.54) is 24.3 Å². The molecule has 2 amide bonds.